The van der Waals surface area contributed by atoms with Crippen LogP contribution in [0.3, 0.4) is 0 Å². The second-order valence-corrected chi connectivity index (χ2v) is 0. The minimum atomic E-state index is 0. The van der Waals surface area contributed by atoms with Crippen molar-refractivity contribution in [2.45, 2.75) is 71.2 Å². The van der Waals surface area contributed by atoms with Crippen LogP contribution in [0.5, 0.6) is 0 Å². The summed E-state index contributed by atoms with van der Waals surface area (Å²) in [7, 11) is 0. The van der Waals surface area contributed by atoms with Gasteiger partial charge in [-0.3, -0.25) is 0 Å². The fourth-order valence-electron chi connectivity index (χ4n) is 0. The highest BCUT2D eigenvalue weighted by Crippen LogP contribution is 1.89. The molecule has 0 amide bonds. The lowest BCUT2D eigenvalue weighted by molar-refractivity contribution is 1.50. The van der Waals surface area contributed by atoms with Crippen molar-refractivity contribution in [2.24, 2.45) is 0 Å². The van der Waals surface area contributed by atoms with Crippen LogP contribution in [0.4, 0.5) is 0 Å². The minimum absolute atomic E-state index is 0. The molecule has 0 aromatic rings. The largest absolute Gasteiger partial charge is 0.0776 e. The molecular weight excluding hydrogens is 374 g/mol. The number of halogens is 2. The lowest BCUT2D eigenvalue weighted by Gasteiger charge is -1.07. The molecule has 0 N–H and O–H groups in total. The maximum Gasteiger partial charge on any atom is 0 e. The van der Waals surface area contributed by atoms with Gasteiger partial charge in [0.2, 0.25) is 0 Å². The van der Waals surface area contributed by atoms with E-state index in [2.05, 4.69) is 37.2 Å². The molecule has 0 aromatic heterocycles. The molecule has 0 rings (SSSR count). The molecule has 0 aliphatic rings. The summed E-state index contributed by atoms with van der Waals surface area (Å²) in [5.74, 6) is 0. The molecule has 12 heavy (non-hydrogen) atoms. The zero-order chi connectivity index (χ0) is 8.00. The van der Waals surface area contributed by atoms with Gasteiger partial charge in [0.1, 0.15) is 0 Å². The van der Waals surface area contributed by atoms with Gasteiger partial charge in [-0.2, -0.15) is 0 Å². The van der Waals surface area contributed by atoms with Crippen molar-refractivity contribution in [1.82, 2.24) is 0 Å². The van der Waals surface area contributed by atoms with Gasteiger partial charge in [-0.1, -0.05) is 71.2 Å². The Hall–Kier alpha value is 1.46. The highest BCUT2D eigenvalue weighted by atomic mass is 128. The molecule has 0 atom stereocenters. The van der Waals surface area contributed by atoms with Gasteiger partial charge < -0.3 is 0 Å². The Bertz CT molecular complexity index is 7.80. The highest BCUT2D eigenvalue weighted by Gasteiger charge is 1.00. The lowest BCUT2D eigenvalue weighted by atomic mass is 11.0. The average Bonchev–Trinajstić information content (AvgIpc) is 2.03. The van der Waals surface area contributed by atoms with Crippen LogP contribution in [0, 0.1) is 0 Å². The minimum Gasteiger partial charge on any atom is -0.0776 e. The van der Waals surface area contributed by atoms with Crippen LogP contribution in [0.25, 0.3) is 0 Å². The van der Waals surface area contributed by atoms with Crippen molar-refractivity contribution in [3.63, 3.8) is 0 Å². The third kappa shape index (κ3) is 588. The first-order valence-electron chi connectivity index (χ1n) is 3.14. The van der Waals surface area contributed by atoms with E-state index in [0.29, 0.717) is 0 Å². The van der Waals surface area contributed by atoms with Crippen LogP contribution < -0.4 is 0 Å². The van der Waals surface area contributed by atoms with Gasteiger partial charge in [0.15, 0.2) is 0 Å². The molecule has 0 radical (unpaired) electrons. The maximum absolute atomic E-state index is 2.12. The normalized spacial score (nSPS) is 2.00. The summed E-state index contributed by atoms with van der Waals surface area (Å²) in [4.78, 5) is 0. The predicted octanol–water partition coefficient (Wildman–Crippen LogP) is 7.39. The molecule has 0 aliphatic carbocycles. The fourth-order valence-corrected chi connectivity index (χ4v) is 0. The molecule has 0 unspecified atom stereocenters. The van der Waals surface area contributed by atoms with E-state index >= 15 is 0 Å². The maximum atomic E-state index is 2.12. The first kappa shape index (κ1) is 70.1. The van der Waals surface area contributed by atoms with Crippen molar-refractivity contribution >= 4 is 37.2 Å². The number of rotatable bonds is 0. The molecule has 0 saturated carbocycles. The molecule has 0 heterocycles. The molecule has 0 nitrogen and oxygen atoms in total. The van der Waals surface area contributed by atoms with Crippen molar-refractivity contribution in [1.29, 1.82) is 0 Å². The molecular formula is C10H34I2. The molecule has 0 aliphatic heterocycles. The molecule has 88 valence electrons. The Morgan fingerprint density at radius 3 is 0.417 bits per heavy atom. The van der Waals surface area contributed by atoms with Crippen molar-refractivity contribution in [2.75, 3.05) is 0 Å². The van der Waals surface area contributed by atoms with Gasteiger partial charge in [0.05, 0.1) is 0 Å². The van der Waals surface area contributed by atoms with E-state index in [-0.39, 0.29) is 29.7 Å². The topological polar surface area (TPSA) is 0 Å². The van der Waals surface area contributed by atoms with Gasteiger partial charge in [-0.25, -0.2) is 0 Å². The summed E-state index contributed by atoms with van der Waals surface area (Å²) < 4.78 is 0. The third-order valence-electron chi connectivity index (χ3n) is 0. The molecule has 0 aromatic carbocycles. The van der Waals surface area contributed by atoms with Crippen LogP contribution >= 0.6 is 37.2 Å². The van der Waals surface area contributed by atoms with E-state index in [1.807, 2.05) is 41.5 Å². The Labute approximate surface area is 108 Å². The van der Waals surface area contributed by atoms with E-state index < -0.39 is 0 Å². The molecule has 0 fully saturated rings. The Balaban J connectivity index is -0.00000000267. The Morgan fingerprint density at radius 2 is 0.417 bits per heavy atom. The monoisotopic (exact) mass is 408 g/mol. The van der Waals surface area contributed by atoms with Gasteiger partial charge >= 0.3 is 0 Å². The first-order chi connectivity index (χ1) is 4.00. The second-order valence-electron chi connectivity index (χ2n) is 0. The van der Waals surface area contributed by atoms with Crippen LogP contribution in [0.2, 0.25) is 0 Å². The summed E-state index contributed by atoms with van der Waals surface area (Å²) >= 11 is 4.24. The van der Waals surface area contributed by atoms with Crippen molar-refractivity contribution in [3.05, 3.63) is 0 Å². The molecule has 0 spiro atoms. The first-order valence-corrected chi connectivity index (χ1v) is 9.43. The predicted molar refractivity (Wildman–Crippen MR) is 89.0 cm³/mol. The van der Waals surface area contributed by atoms with Crippen LogP contribution in [-0.2, 0) is 0 Å². The molecule has 0 bridgehead atoms. The second kappa shape index (κ2) is 768. The van der Waals surface area contributed by atoms with E-state index in [1.165, 1.54) is 0 Å². The van der Waals surface area contributed by atoms with Gasteiger partial charge in [-0.05, 0) is 0 Å². The molecule has 0 saturated heterocycles. The molecule has 2 heteroatoms. The Kier molecular flexibility index (Phi) is 4480. The van der Waals surface area contributed by atoms with E-state index in [1.54, 1.807) is 0 Å². The zero-order valence-corrected chi connectivity index (χ0v) is 11.1. The van der Waals surface area contributed by atoms with Gasteiger partial charge in [-0.15, -0.1) is 0 Å². The van der Waals surface area contributed by atoms with Crippen LogP contribution in [0.1, 0.15) is 71.2 Å². The van der Waals surface area contributed by atoms with E-state index in [9.17, 15) is 0 Å². The summed E-state index contributed by atoms with van der Waals surface area (Å²) in [5.41, 5.74) is 0. The highest BCUT2D eigenvalue weighted by molar-refractivity contribution is 15.0. The summed E-state index contributed by atoms with van der Waals surface area (Å²) in [6, 6.07) is 0. The Morgan fingerprint density at radius 1 is 0.417 bits per heavy atom. The summed E-state index contributed by atoms with van der Waals surface area (Å²) in [6.07, 6.45) is 0. The number of hydrogen-bond donors (Lipinski definition) is 0. The van der Waals surface area contributed by atoms with Gasteiger partial charge in [0, 0.05) is 37.2 Å². The van der Waals surface area contributed by atoms with Crippen molar-refractivity contribution < 1.29 is 0 Å². The SMILES string of the molecule is C.C.C.C.CC.CC.CC.II. The fraction of sp³-hybridized carbons (Fsp3) is 1.00. The van der Waals surface area contributed by atoms with Gasteiger partial charge in [0.25, 0.3) is 0 Å². The summed E-state index contributed by atoms with van der Waals surface area (Å²) in [6.45, 7) is 12.0. The zero-order valence-electron chi connectivity index (χ0n) is 6.76. The quantitative estimate of drug-likeness (QED) is 0.367. The number of hydrogen-bond acceptors (Lipinski definition) is 0. The van der Waals surface area contributed by atoms with Crippen molar-refractivity contribution in [3.8, 4) is 0 Å². The van der Waals surface area contributed by atoms with E-state index in [0.717, 1.165) is 0 Å². The third-order valence-corrected chi connectivity index (χ3v) is 0. The van der Waals surface area contributed by atoms with E-state index in [4.69, 9.17) is 0 Å². The summed E-state index contributed by atoms with van der Waals surface area (Å²) in [5, 5.41) is 0. The average molecular weight is 408 g/mol. The van der Waals surface area contributed by atoms with Crippen LogP contribution in [0.15, 0.2) is 0 Å². The van der Waals surface area contributed by atoms with Crippen LogP contribution in [-0.4, -0.2) is 0 Å². The standard InChI is InChI=1S/3C2H6.4CH4.I2/c3*1-2;;;;;1-2/h3*1-2H3;4*1H4;. The smallest absolute Gasteiger partial charge is 0 e. The lowest BCUT2D eigenvalue weighted by Crippen LogP contribution is -0.856.